The molecule has 4 nitrogen and oxygen atoms in total. The van der Waals surface area contributed by atoms with Crippen molar-refractivity contribution in [3.05, 3.63) is 99.9 Å². The quantitative estimate of drug-likeness (QED) is 0.416. The number of benzene rings is 3. The molecule has 5 rings (SSSR count). The van der Waals surface area contributed by atoms with Gasteiger partial charge in [0, 0.05) is 11.4 Å². The van der Waals surface area contributed by atoms with Crippen LogP contribution in [0.4, 0.5) is 11.4 Å². The van der Waals surface area contributed by atoms with Crippen LogP contribution in [0.25, 0.3) is 0 Å². The van der Waals surface area contributed by atoms with Crippen molar-refractivity contribution in [2.75, 3.05) is 11.4 Å². The highest BCUT2D eigenvalue weighted by molar-refractivity contribution is 8.19. The Morgan fingerprint density at radius 3 is 2.44 bits per heavy atom. The fourth-order valence-corrected chi connectivity index (χ4v) is 6.24. The first kappa shape index (κ1) is 20.9. The van der Waals surface area contributed by atoms with Crippen LogP contribution in [-0.2, 0) is 11.3 Å². The number of aryl methyl sites for hydroxylation is 1. The Kier molecular flexibility index (Phi) is 5.81. The molecule has 1 fully saturated rings. The summed E-state index contributed by atoms with van der Waals surface area (Å²) in [5, 5.41) is 1.72. The summed E-state index contributed by atoms with van der Waals surface area (Å²) in [4.78, 5) is 24.6. The van der Waals surface area contributed by atoms with E-state index in [0.29, 0.717) is 6.54 Å². The normalized spacial score (nSPS) is 19.2. The zero-order valence-corrected chi connectivity index (χ0v) is 19.6. The largest absolute Gasteiger partial charge is 0.334 e. The van der Waals surface area contributed by atoms with Crippen molar-refractivity contribution in [3.63, 3.8) is 0 Å². The summed E-state index contributed by atoms with van der Waals surface area (Å²) in [5.41, 5.74) is 4.25. The molecule has 0 aliphatic carbocycles. The minimum Gasteiger partial charge on any atom is -0.334 e. The molecule has 0 bridgehead atoms. The number of carbonyl (C=O) groups is 1. The average molecular weight is 458 g/mol. The molecule has 0 unspecified atom stereocenters. The molecular weight excluding hydrogens is 434 g/mol. The van der Waals surface area contributed by atoms with Crippen LogP contribution in [-0.4, -0.2) is 22.5 Å². The van der Waals surface area contributed by atoms with E-state index in [4.69, 9.17) is 4.99 Å². The molecular formula is C26H23N3OS2. The van der Waals surface area contributed by atoms with Crippen molar-refractivity contribution in [3.8, 4) is 0 Å². The lowest BCUT2D eigenvalue weighted by atomic mass is 10.2. The second kappa shape index (κ2) is 8.88. The molecule has 0 N–H and O–H groups in total. The van der Waals surface area contributed by atoms with Gasteiger partial charge in [0.1, 0.15) is 9.93 Å². The molecule has 0 radical (unpaired) electrons. The van der Waals surface area contributed by atoms with Crippen molar-refractivity contribution in [2.24, 2.45) is 4.99 Å². The topological polar surface area (TPSA) is 35.9 Å². The molecule has 1 amide bonds. The molecule has 3 aromatic rings. The zero-order chi connectivity index (χ0) is 22.1. The molecule has 0 spiro atoms. The van der Waals surface area contributed by atoms with Crippen molar-refractivity contribution < 1.29 is 4.79 Å². The molecule has 0 atom stereocenters. The lowest BCUT2D eigenvalue weighted by Crippen LogP contribution is -2.29. The summed E-state index contributed by atoms with van der Waals surface area (Å²) in [6.45, 7) is 5.48. The van der Waals surface area contributed by atoms with Crippen LogP contribution in [0.5, 0.6) is 0 Å². The summed E-state index contributed by atoms with van der Waals surface area (Å²) in [6, 6.07) is 26.5. The van der Waals surface area contributed by atoms with Gasteiger partial charge in [0.05, 0.1) is 17.9 Å². The van der Waals surface area contributed by atoms with Gasteiger partial charge in [-0.25, -0.2) is 4.99 Å². The van der Waals surface area contributed by atoms with E-state index in [2.05, 4.69) is 36.9 Å². The molecule has 160 valence electrons. The fourth-order valence-electron chi connectivity index (χ4n) is 3.85. The third kappa shape index (κ3) is 3.96. The molecule has 2 aliphatic rings. The van der Waals surface area contributed by atoms with E-state index in [-0.39, 0.29) is 5.91 Å². The number of para-hydroxylation sites is 1. The van der Waals surface area contributed by atoms with E-state index in [1.807, 2.05) is 65.6 Å². The van der Waals surface area contributed by atoms with Crippen LogP contribution in [0.3, 0.4) is 0 Å². The number of aliphatic imine (C=N–C) groups is 1. The van der Waals surface area contributed by atoms with Crippen molar-refractivity contribution in [1.82, 2.24) is 4.90 Å². The summed E-state index contributed by atoms with van der Waals surface area (Å²) in [7, 11) is 0. The second-order valence-electron chi connectivity index (χ2n) is 7.66. The van der Waals surface area contributed by atoms with Crippen LogP contribution in [0.1, 0.15) is 18.1 Å². The number of rotatable bonds is 4. The Morgan fingerprint density at radius 1 is 0.875 bits per heavy atom. The number of hydrogen-bond acceptors (Lipinski definition) is 5. The average Bonchev–Trinajstić information content (AvgIpc) is 3.32. The minimum absolute atomic E-state index is 0.0130. The number of amides is 1. The number of fused-ring (bicyclic) bond motifs is 1. The first-order valence-electron chi connectivity index (χ1n) is 10.6. The fraction of sp³-hybridized carbons (Fsp3) is 0.154. The number of hydrogen-bond donors (Lipinski definition) is 0. The van der Waals surface area contributed by atoms with Gasteiger partial charge in [-0.15, -0.1) is 0 Å². The monoisotopic (exact) mass is 457 g/mol. The van der Waals surface area contributed by atoms with E-state index >= 15 is 0 Å². The summed E-state index contributed by atoms with van der Waals surface area (Å²) < 4.78 is 0. The summed E-state index contributed by atoms with van der Waals surface area (Å²) >= 11 is 3.15. The lowest BCUT2D eigenvalue weighted by Gasteiger charge is -2.19. The van der Waals surface area contributed by atoms with Crippen molar-refractivity contribution >= 4 is 46.0 Å². The SMILES string of the molecule is CCN1C(=C2SC(=Nc3cccc(C)c3)N(Cc3ccccc3)C2=O)Sc2ccccc21. The Balaban J connectivity index is 1.57. The van der Waals surface area contributed by atoms with E-state index < -0.39 is 0 Å². The van der Waals surface area contributed by atoms with Crippen molar-refractivity contribution in [1.29, 1.82) is 0 Å². The van der Waals surface area contributed by atoms with Gasteiger partial charge >= 0.3 is 0 Å². The number of carbonyl (C=O) groups excluding carboxylic acids is 1. The molecule has 0 aromatic heterocycles. The highest BCUT2D eigenvalue weighted by atomic mass is 32.2. The van der Waals surface area contributed by atoms with Crippen LogP contribution < -0.4 is 4.90 Å². The number of nitrogens with zero attached hydrogens (tertiary/aromatic N) is 3. The maximum Gasteiger partial charge on any atom is 0.269 e. The number of anilines is 1. The predicted molar refractivity (Wildman–Crippen MR) is 135 cm³/mol. The summed E-state index contributed by atoms with van der Waals surface area (Å²) in [5.74, 6) is 0.0130. The van der Waals surface area contributed by atoms with Gasteiger partial charge in [-0.3, -0.25) is 9.69 Å². The standard InChI is InChI=1S/C26H23N3OS2/c1-3-28-21-14-7-8-15-22(21)31-25(28)23-24(30)29(17-19-11-5-4-6-12-19)26(32-23)27-20-13-9-10-18(2)16-20/h4-16H,3,17H2,1-2H3. The Hall–Kier alpha value is -2.96. The van der Waals surface area contributed by atoms with E-state index in [0.717, 1.165) is 44.1 Å². The molecule has 32 heavy (non-hydrogen) atoms. The summed E-state index contributed by atoms with van der Waals surface area (Å²) in [6.07, 6.45) is 0. The van der Waals surface area contributed by atoms with Crippen LogP contribution >= 0.6 is 23.5 Å². The highest BCUT2D eigenvalue weighted by Crippen LogP contribution is 2.50. The van der Waals surface area contributed by atoms with Crippen molar-refractivity contribution in [2.45, 2.75) is 25.3 Å². The molecule has 2 heterocycles. The maximum absolute atomic E-state index is 13.7. The van der Waals surface area contributed by atoms with Gasteiger partial charge in [-0.1, -0.05) is 66.4 Å². The Morgan fingerprint density at radius 2 is 1.66 bits per heavy atom. The van der Waals surface area contributed by atoms with Gasteiger partial charge < -0.3 is 4.90 Å². The zero-order valence-electron chi connectivity index (χ0n) is 18.0. The maximum atomic E-state index is 13.7. The van der Waals surface area contributed by atoms with Crippen LogP contribution in [0.15, 0.2) is 98.7 Å². The van der Waals surface area contributed by atoms with Gasteiger partial charge in [-0.2, -0.15) is 0 Å². The molecule has 1 saturated heterocycles. The Labute approximate surface area is 197 Å². The van der Waals surface area contributed by atoms with E-state index in [1.54, 1.807) is 11.8 Å². The number of thioether (sulfide) groups is 2. The van der Waals surface area contributed by atoms with Crippen LogP contribution in [0.2, 0.25) is 0 Å². The molecule has 3 aromatic carbocycles. The minimum atomic E-state index is 0.0130. The van der Waals surface area contributed by atoms with E-state index in [9.17, 15) is 4.79 Å². The predicted octanol–water partition coefficient (Wildman–Crippen LogP) is 6.56. The Bertz CT molecular complexity index is 1240. The first-order chi connectivity index (χ1) is 15.6. The third-order valence-corrected chi connectivity index (χ3v) is 7.77. The van der Waals surface area contributed by atoms with Gasteiger partial charge in [-0.05, 0) is 61.0 Å². The number of amidine groups is 1. The first-order valence-corrected chi connectivity index (χ1v) is 12.2. The molecule has 6 heteroatoms. The van der Waals surface area contributed by atoms with Gasteiger partial charge in [0.25, 0.3) is 5.91 Å². The highest BCUT2D eigenvalue weighted by Gasteiger charge is 2.39. The third-order valence-electron chi connectivity index (χ3n) is 5.39. The van der Waals surface area contributed by atoms with Gasteiger partial charge in [0.2, 0.25) is 0 Å². The lowest BCUT2D eigenvalue weighted by molar-refractivity contribution is -0.122. The van der Waals surface area contributed by atoms with Crippen LogP contribution in [0, 0.1) is 6.92 Å². The molecule has 2 aliphatic heterocycles. The van der Waals surface area contributed by atoms with Gasteiger partial charge in [0.15, 0.2) is 5.17 Å². The smallest absolute Gasteiger partial charge is 0.269 e. The van der Waals surface area contributed by atoms with E-state index in [1.165, 1.54) is 16.7 Å². The second-order valence-corrected chi connectivity index (χ2v) is 9.67. The molecule has 0 saturated carbocycles.